The summed E-state index contributed by atoms with van der Waals surface area (Å²) in [6.07, 6.45) is 0.308. The van der Waals surface area contributed by atoms with Crippen molar-refractivity contribution in [3.63, 3.8) is 0 Å². The molecule has 0 aliphatic carbocycles. The molecule has 13 heavy (non-hydrogen) atoms. The van der Waals surface area contributed by atoms with Gasteiger partial charge in [0.2, 0.25) is 0 Å². The van der Waals surface area contributed by atoms with Crippen LogP contribution in [0.3, 0.4) is 0 Å². The van der Waals surface area contributed by atoms with Crippen LogP contribution < -0.4 is 0 Å². The third-order valence-electron chi connectivity index (χ3n) is 1.72. The van der Waals surface area contributed by atoms with Crippen LogP contribution >= 0.6 is 0 Å². The Balaban J connectivity index is 3.67. The van der Waals surface area contributed by atoms with E-state index in [4.69, 9.17) is 19.3 Å². The van der Waals surface area contributed by atoms with E-state index in [2.05, 4.69) is 0 Å². The number of aliphatic hydroxyl groups excluding tert-OH is 1. The number of ether oxygens (including phenoxy) is 3. The molecule has 4 nitrogen and oxygen atoms in total. The molecule has 0 spiro atoms. The largest absolute Gasteiger partial charge is 0.391 e. The van der Waals surface area contributed by atoms with Crippen molar-refractivity contribution in [1.82, 2.24) is 0 Å². The molecule has 0 amide bonds. The summed E-state index contributed by atoms with van der Waals surface area (Å²) in [6, 6.07) is 0. The zero-order chi connectivity index (χ0) is 10.1. The molecule has 0 heterocycles. The maximum Gasteiger partial charge on any atom is 0.180 e. The van der Waals surface area contributed by atoms with Crippen LogP contribution in [0.2, 0.25) is 0 Å². The highest BCUT2D eigenvalue weighted by atomic mass is 16.7. The second-order valence-electron chi connectivity index (χ2n) is 2.67. The number of hydrogen-bond donors (Lipinski definition) is 1. The van der Waals surface area contributed by atoms with Gasteiger partial charge in [0.1, 0.15) is 0 Å². The van der Waals surface area contributed by atoms with Crippen LogP contribution in [-0.4, -0.2) is 44.4 Å². The molecule has 0 rings (SSSR count). The lowest BCUT2D eigenvalue weighted by molar-refractivity contribution is -0.185. The number of hydrogen-bond acceptors (Lipinski definition) is 4. The van der Waals surface area contributed by atoms with Crippen LogP contribution in [-0.2, 0) is 14.2 Å². The van der Waals surface area contributed by atoms with Gasteiger partial charge in [0.15, 0.2) is 6.29 Å². The fraction of sp³-hybridized carbons (Fsp3) is 1.00. The highest BCUT2D eigenvalue weighted by molar-refractivity contribution is 4.54. The summed E-state index contributed by atoms with van der Waals surface area (Å²) >= 11 is 0. The quantitative estimate of drug-likeness (QED) is 0.577. The van der Waals surface area contributed by atoms with Crippen molar-refractivity contribution in [3.8, 4) is 0 Å². The minimum Gasteiger partial charge on any atom is -0.391 e. The Labute approximate surface area is 79.8 Å². The number of aliphatic hydroxyl groups is 1. The Bertz CT molecular complexity index is 104. The minimum atomic E-state index is -0.537. The molecular formula is C9H20O4. The Hall–Kier alpha value is -0.160. The Morgan fingerprint density at radius 3 is 2.38 bits per heavy atom. The molecule has 2 unspecified atom stereocenters. The Morgan fingerprint density at radius 1 is 1.31 bits per heavy atom. The normalized spacial score (nSPS) is 15.7. The lowest BCUT2D eigenvalue weighted by atomic mass is 10.3. The molecule has 0 aliphatic heterocycles. The summed E-state index contributed by atoms with van der Waals surface area (Å²) in [5, 5.41) is 8.81. The molecule has 0 saturated heterocycles. The fourth-order valence-electron chi connectivity index (χ4n) is 0.890. The van der Waals surface area contributed by atoms with Crippen LogP contribution in [0.1, 0.15) is 20.3 Å². The molecule has 2 atom stereocenters. The highest BCUT2D eigenvalue weighted by Gasteiger charge is 2.13. The van der Waals surface area contributed by atoms with Crippen LogP contribution in [0.4, 0.5) is 0 Å². The van der Waals surface area contributed by atoms with Gasteiger partial charge in [-0.25, -0.2) is 0 Å². The molecule has 0 aromatic rings. The van der Waals surface area contributed by atoms with Gasteiger partial charge < -0.3 is 19.3 Å². The van der Waals surface area contributed by atoms with E-state index >= 15 is 0 Å². The van der Waals surface area contributed by atoms with E-state index in [9.17, 15) is 0 Å². The summed E-state index contributed by atoms with van der Waals surface area (Å²) in [4.78, 5) is 0. The van der Waals surface area contributed by atoms with Gasteiger partial charge in [-0.2, -0.15) is 0 Å². The monoisotopic (exact) mass is 192 g/mol. The first kappa shape index (κ1) is 12.8. The molecular weight excluding hydrogens is 172 g/mol. The lowest BCUT2D eigenvalue weighted by Crippen LogP contribution is -2.29. The van der Waals surface area contributed by atoms with Crippen LogP contribution in [0, 0.1) is 0 Å². The summed E-state index contributed by atoms with van der Waals surface area (Å²) in [6.45, 7) is 5.04. The Kier molecular flexibility index (Phi) is 8.33. The van der Waals surface area contributed by atoms with E-state index in [-0.39, 0.29) is 12.7 Å². The zero-order valence-corrected chi connectivity index (χ0v) is 8.66. The highest BCUT2D eigenvalue weighted by Crippen LogP contribution is 2.04. The van der Waals surface area contributed by atoms with Crippen molar-refractivity contribution in [2.24, 2.45) is 0 Å². The topological polar surface area (TPSA) is 47.9 Å². The first-order valence-corrected chi connectivity index (χ1v) is 4.65. The minimum absolute atomic E-state index is 0.00273. The predicted molar refractivity (Wildman–Crippen MR) is 49.5 cm³/mol. The Morgan fingerprint density at radius 2 is 2.00 bits per heavy atom. The summed E-state index contributed by atoms with van der Waals surface area (Å²) in [5.41, 5.74) is 0. The third-order valence-corrected chi connectivity index (χ3v) is 1.72. The summed E-state index contributed by atoms with van der Waals surface area (Å²) in [5.74, 6) is 0. The van der Waals surface area contributed by atoms with Crippen molar-refractivity contribution in [3.05, 3.63) is 0 Å². The molecule has 0 aromatic carbocycles. The van der Waals surface area contributed by atoms with E-state index < -0.39 is 6.29 Å². The van der Waals surface area contributed by atoms with E-state index in [1.54, 1.807) is 0 Å². The maximum absolute atomic E-state index is 8.81. The molecule has 0 aromatic heterocycles. The van der Waals surface area contributed by atoms with Gasteiger partial charge >= 0.3 is 0 Å². The summed E-state index contributed by atoms with van der Waals surface area (Å²) < 4.78 is 15.5. The standard InChI is InChI=1S/C9H20O4/c1-4-8(7-12-5-2)13-9(6-10)11-3/h8-10H,4-7H2,1-3H3. The molecule has 0 aliphatic rings. The molecule has 4 heteroatoms. The van der Waals surface area contributed by atoms with Gasteiger partial charge in [-0.15, -0.1) is 0 Å². The molecule has 0 saturated carbocycles. The molecule has 0 fully saturated rings. The number of rotatable bonds is 8. The van der Waals surface area contributed by atoms with Gasteiger partial charge in [0.25, 0.3) is 0 Å². The first-order chi connectivity index (χ1) is 6.28. The molecule has 1 N–H and O–H groups in total. The lowest BCUT2D eigenvalue weighted by Gasteiger charge is -2.21. The average Bonchev–Trinajstić information content (AvgIpc) is 2.19. The number of methoxy groups -OCH3 is 1. The van der Waals surface area contributed by atoms with Crippen molar-refractivity contribution >= 4 is 0 Å². The van der Waals surface area contributed by atoms with E-state index in [1.165, 1.54) is 7.11 Å². The molecule has 0 radical (unpaired) electrons. The molecule has 0 bridgehead atoms. The third kappa shape index (κ3) is 5.99. The van der Waals surface area contributed by atoms with Gasteiger partial charge in [-0.05, 0) is 13.3 Å². The summed E-state index contributed by atoms with van der Waals surface area (Å²) in [7, 11) is 1.51. The van der Waals surface area contributed by atoms with Gasteiger partial charge in [0, 0.05) is 13.7 Å². The zero-order valence-electron chi connectivity index (χ0n) is 8.66. The SMILES string of the molecule is CCOCC(CC)OC(CO)OC. The fourth-order valence-corrected chi connectivity index (χ4v) is 0.890. The average molecular weight is 192 g/mol. The first-order valence-electron chi connectivity index (χ1n) is 4.65. The van der Waals surface area contributed by atoms with Crippen molar-refractivity contribution < 1.29 is 19.3 Å². The molecule has 80 valence electrons. The van der Waals surface area contributed by atoms with Crippen molar-refractivity contribution in [2.45, 2.75) is 32.7 Å². The van der Waals surface area contributed by atoms with E-state index in [0.717, 1.165) is 6.42 Å². The predicted octanol–water partition coefficient (Wildman–Crippen LogP) is 0.783. The van der Waals surface area contributed by atoms with Crippen molar-refractivity contribution in [2.75, 3.05) is 26.9 Å². The van der Waals surface area contributed by atoms with Gasteiger partial charge in [-0.1, -0.05) is 6.92 Å². The maximum atomic E-state index is 8.81. The van der Waals surface area contributed by atoms with Crippen LogP contribution in [0.25, 0.3) is 0 Å². The second kappa shape index (κ2) is 8.44. The van der Waals surface area contributed by atoms with Crippen LogP contribution in [0.15, 0.2) is 0 Å². The van der Waals surface area contributed by atoms with Gasteiger partial charge in [-0.3, -0.25) is 0 Å². The van der Waals surface area contributed by atoms with Crippen molar-refractivity contribution in [1.29, 1.82) is 0 Å². The second-order valence-corrected chi connectivity index (χ2v) is 2.67. The van der Waals surface area contributed by atoms with E-state index in [0.29, 0.717) is 13.2 Å². The van der Waals surface area contributed by atoms with Crippen LogP contribution in [0.5, 0.6) is 0 Å². The smallest absolute Gasteiger partial charge is 0.180 e. The van der Waals surface area contributed by atoms with Gasteiger partial charge in [0.05, 0.1) is 19.3 Å². The van der Waals surface area contributed by atoms with E-state index in [1.807, 2.05) is 13.8 Å².